The van der Waals surface area contributed by atoms with E-state index < -0.39 is 0 Å². The van der Waals surface area contributed by atoms with Crippen LogP contribution in [0.5, 0.6) is 0 Å². The van der Waals surface area contributed by atoms with Gasteiger partial charge in [0, 0.05) is 16.0 Å². The Morgan fingerprint density at radius 1 is 1.09 bits per heavy atom. The quantitative estimate of drug-likeness (QED) is 0.683. The highest BCUT2D eigenvalue weighted by Crippen LogP contribution is 2.36. The fraction of sp³-hybridized carbons (Fsp3) is 0.235. The van der Waals surface area contributed by atoms with Crippen LogP contribution in [-0.4, -0.2) is 20.5 Å². The molecule has 0 aliphatic carbocycles. The second-order valence-electron chi connectivity index (χ2n) is 5.63. The van der Waals surface area contributed by atoms with Gasteiger partial charge in [0.1, 0.15) is 23.2 Å². The molecule has 0 N–H and O–H groups in total. The van der Waals surface area contributed by atoms with Crippen molar-refractivity contribution in [1.82, 2.24) is 14.8 Å². The summed E-state index contributed by atoms with van der Waals surface area (Å²) < 4.78 is 15.4. The SMILES string of the molecule is Cc1sc2c(c1C)C(c1ccc(F)cc1)=NCc1nnc(C)n1-2. The minimum Gasteiger partial charge on any atom is -0.276 e. The van der Waals surface area contributed by atoms with Gasteiger partial charge in [-0.25, -0.2) is 4.39 Å². The highest BCUT2D eigenvalue weighted by Gasteiger charge is 2.26. The van der Waals surface area contributed by atoms with E-state index in [9.17, 15) is 4.39 Å². The van der Waals surface area contributed by atoms with Crippen LogP contribution in [0, 0.1) is 26.6 Å². The third kappa shape index (κ3) is 2.13. The van der Waals surface area contributed by atoms with E-state index in [0.29, 0.717) is 6.54 Å². The van der Waals surface area contributed by atoms with Crippen LogP contribution in [0.4, 0.5) is 4.39 Å². The molecule has 3 heterocycles. The van der Waals surface area contributed by atoms with Gasteiger partial charge in [-0.1, -0.05) is 0 Å². The molecule has 4 nitrogen and oxygen atoms in total. The van der Waals surface area contributed by atoms with E-state index >= 15 is 0 Å². The molecule has 3 aromatic rings. The van der Waals surface area contributed by atoms with Gasteiger partial charge in [0.15, 0.2) is 5.82 Å². The molecule has 0 spiro atoms. The largest absolute Gasteiger partial charge is 0.276 e. The van der Waals surface area contributed by atoms with E-state index in [1.54, 1.807) is 23.5 Å². The normalized spacial score (nSPS) is 13.3. The number of hydrogen-bond donors (Lipinski definition) is 0. The maximum Gasteiger partial charge on any atom is 0.160 e. The summed E-state index contributed by atoms with van der Waals surface area (Å²) in [7, 11) is 0. The fourth-order valence-electron chi connectivity index (χ4n) is 2.89. The Hall–Kier alpha value is -2.34. The summed E-state index contributed by atoms with van der Waals surface area (Å²) in [6.45, 7) is 6.63. The summed E-state index contributed by atoms with van der Waals surface area (Å²) in [6, 6.07) is 6.51. The lowest BCUT2D eigenvalue weighted by Crippen LogP contribution is -2.07. The monoisotopic (exact) mass is 326 g/mol. The first-order chi connectivity index (χ1) is 11.1. The predicted octanol–water partition coefficient (Wildman–Crippen LogP) is 3.74. The van der Waals surface area contributed by atoms with Crippen molar-refractivity contribution in [2.45, 2.75) is 27.3 Å². The summed E-state index contributed by atoms with van der Waals surface area (Å²) in [6.07, 6.45) is 0. The van der Waals surface area contributed by atoms with Gasteiger partial charge in [-0.3, -0.25) is 9.56 Å². The lowest BCUT2D eigenvalue weighted by atomic mass is 10.00. The van der Waals surface area contributed by atoms with Crippen molar-refractivity contribution in [2.24, 2.45) is 4.99 Å². The molecule has 0 bridgehead atoms. The molecular weight excluding hydrogens is 311 g/mol. The molecule has 0 saturated carbocycles. The van der Waals surface area contributed by atoms with Gasteiger partial charge in [-0.05, 0) is 50.6 Å². The zero-order chi connectivity index (χ0) is 16.1. The van der Waals surface area contributed by atoms with E-state index in [0.717, 1.165) is 33.5 Å². The minimum atomic E-state index is -0.241. The Labute approximate surface area is 137 Å². The van der Waals surface area contributed by atoms with E-state index in [1.807, 2.05) is 6.92 Å². The first kappa shape index (κ1) is 14.3. The third-order valence-corrected chi connectivity index (χ3v) is 5.39. The third-order valence-electron chi connectivity index (χ3n) is 4.19. The van der Waals surface area contributed by atoms with E-state index in [-0.39, 0.29) is 5.82 Å². The molecular formula is C17H15FN4S. The van der Waals surface area contributed by atoms with Crippen molar-refractivity contribution in [3.05, 3.63) is 63.3 Å². The lowest BCUT2D eigenvalue weighted by molar-refractivity contribution is 0.628. The van der Waals surface area contributed by atoms with Crippen molar-refractivity contribution >= 4 is 17.0 Å². The number of aryl methyl sites for hydroxylation is 2. The van der Waals surface area contributed by atoms with Crippen LogP contribution >= 0.6 is 11.3 Å². The number of aliphatic imine (C=N–C) groups is 1. The highest BCUT2D eigenvalue weighted by molar-refractivity contribution is 7.15. The van der Waals surface area contributed by atoms with Gasteiger partial charge in [0.05, 0.1) is 5.71 Å². The van der Waals surface area contributed by atoms with E-state index in [4.69, 9.17) is 4.99 Å². The maximum atomic E-state index is 13.3. The Morgan fingerprint density at radius 2 is 1.83 bits per heavy atom. The number of benzene rings is 1. The molecule has 2 aromatic heterocycles. The number of fused-ring (bicyclic) bond motifs is 3. The van der Waals surface area contributed by atoms with Crippen LogP contribution in [-0.2, 0) is 6.54 Å². The predicted molar refractivity (Wildman–Crippen MR) is 89.2 cm³/mol. The van der Waals surface area contributed by atoms with Crippen molar-refractivity contribution in [3.63, 3.8) is 0 Å². The number of nitrogens with zero attached hydrogens (tertiary/aromatic N) is 4. The van der Waals surface area contributed by atoms with Crippen LogP contribution in [0.2, 0.25) is 0 Å². The summed E-state index contributed by atoms with van der Waals surface area (Å²) in [5, 5.41) is 9.53. The zero-order valence-corrected chi connectivity index (χ0v) is 13.9. The summed E-state index contributed by atoms with van der Waals surface area (Å²) >= 11 is 1.72. The molecule has 0 unspecified atom stereocenters. The molecule has 1 aliphatic heterocycles. The maximum absolute atomic E-state index is 13.3. The van der Waals surface area contributed by atoms with Crippen LogP contribution in [0.15, 0.2) is 29.3 Å². The van der Waals surface area contributed by atoms with Gasteiger partial charge in [-0.2, -0.15) is 0 Å². The van der Waals surface area contributed by atoms with Crippen LogP contribution < -0.4 is 0 Å². The summed E-state index contributed by atoms with van der Waals surface area (Å²) in [4.78, 5) is 6.01. The van der Waals surface area contributed by atoms with E-state index in [1.165, 1.54) is 22.6 Å². The molecule has 0 atom stereocenters. The molecule has 23 heavy (non-hydrogen) atoms. The number of aromatic nitrogens is 3. The van der Waals surface area contributed by atoms with Crippen LogP contribution in [0.25, 0.3) is 5.00 Å². The molecule has 0 radical (unpaired) electrons. The minimum absolute atomic E-state index is 0.241. The Balaban J connectivity index is 2.00. The summed E-state index contributed by atoms with van der Waals surface area (Å²) in [5.74, 6) is 1.45. The highest BCUT2D eigenvalue weighted by atomic mass is 32.1. The lowest BCUT2D eigenvalue weighted by Gasteiger charge is -2.09. The molecule has 0 amide bonds. The van der Waals surface area contributed by atoms with Crippen molar-refractivity contribution in [3.8, 4) is 5.00 Å². The molecule has 0 saturated heterocycles. The van der Waals surface area contributed by atoms with Gasteiger partial charge in [-0.15, -0.1) is 21.5 Å². The Morgan fingerprint density at radius 3 is 2.57 bits per heavy atom. The van der Waals surface area contributed by atoms with Gasteiger partial charge < -0.3 is 0 Å². The number of hydrogen-bond acceptors (Lipinski definition) is 4. The smallest absolute Gasteiger partial charge is 0.160 e. The summed E-state index contributed by atoms with van der Waals surface area (Å²) in [5.41, 5.74) is 4.12. The Bertz CT molecular complexity index is 934. The second-order valence-corrected chi connectivity index (χ2v) is 6.84. The van der Waals surface area contributed by atoms with Crippen molar-refractivity contribution in [1.29, 1.82) is 0 Å². The fourth-order valence-corrected chi connectivity index (χ4v) is 4.12. The van der Waals surface area contributed by atoms with Crippen LogP contribution in [0.1, 0.15) is 33.2 Å². The molecule has 4 rings (SSSR count). The molecule has 1 aliphatic rings. The second kappa shape index (κ2) is 5.09. The molecule has 1 aromatic carbocycles. The van der Waals surface area contributed by atoms with Crippen molar-refractivity contribution < 1.29 is 4.39 Å². The van der Waals surface area contributed by atoms with Gasteiger partial charge in [0.2, 0.25) is 0 Å². The standard InChI is InChI=1S/C17H15FN4S/c1-9-10(2)23-17-15(9)16(12-4-6-13(18)7-5-12)19-8-14-21-20-11(3)22(14)17/h4-7H,8H2,1-3H3. The first-order valence-electron chi connectivity index (χ1n) is 7.38. The zero-order valence-electron chi connectivity index (χ0n) is 13.1. The van der Waals surface area contributed by atoms with Crippen molar-refractivity contribution in [2.75, 3.05) is 0 Å². The number of thiophene rings is 1. The average molecular weight is 326 g/mol. The molecule has 0 fully saturated rings. The number of halogens is 1. The molecule has 6 heteroatoms. The Kier molecular flexibility index (Phi) is 3.16. The van der Waals surface area contributed by atoms with E-state index in [2.05, 4.69) is 28.6 Å². The average Bonchev–Trinajstić information content (AvgIpc) is 2.97. The number of rotatable bonds is 1. The first-order valence-corrected chi connectivity index (χ1v) is 8.20. The topological polar surface area (TPSA) is 43.1 Å². The van der Waals surface area contributed by atoms with Gasteiger partial charge in [0.25, 0.3) is 0 Å². The van der Waals surface area contributed by atoms with Gasteiger partial charge >= 0.3 is 0 Å². The molecule has 116 valence electrons. The van der Waals surface area contributed by atoms with Crippen LogP contribution in [0.3, 0.4) is 0 Å².